The van der Waals surface area contributed by atoms with Crippen LogP contribution >= 0.6 is 0 Å². The van der Waals surface area contributed by atoms with Crippen LogP contribution in [0.2, 0.25) is 0 Å². The quantitative estimate of drug-likeness (QED) is 0.627. The lowest BCUT2D eigenvalue weighted by molar-refractivity contribution is 0.102. The molecule has 5 nitrogen and oxygen atoms in total. The molecule has 1 N–H and O–H groups in total. The molecule has 3 rings (SSSR count). The number of hydrogen-bond acceptors (Lipinski definition) is 3. The van der Waals surface area contributed by atoms with Gasteiger partial charge in [-0.15, -0.1) is 0 Å². The molecule has 0 fully saturated rings. The first-order chi connectivity index (χ1) is 13.9. The lowest BCUT2D eigenvalue weighted by atomic mass is 10.1. The fourth-order valence-corrected chi connectivity index (χ4v) is 3.94. The van der Waals surface area contributed by atoms with E-state index in [1.54, 1.807) is 24.3 Å². The third-order valence-electron chi connectivity index (χ3n) is 4.61. The molecular formula is C23H24N2O3S. The van der Waals surface area contributed by atoms with Crippen LogP contribution in [0.5, 0.6) is 0 Å². The van der Waals surface area contributed by atoms with E-state index in [1.165, 1.54) is 9.87 Å². The lowest BCUT2D eigenvalue weighted by Gasteiger charge is -2.24. The Morgan fingerprint density at radius 2 is 1.48 bits per heavy atom. The summed E-state index contributed by atoms with van der Waals surface area (Å²) in [5, 5.41) is 2.86. The van der Waals surface area contributed by atoms with Crippen molar-refractivity contribution in [2.45, 2.75) is 19.9 Å². The highest BCUT2D eigenvalue weighted by atomic mass is 32.2. The number of sulfonamides is 1. The summed E-state index contributed by atoms with van der Waals surface area (Å²) in [5.74, 6) is -0.355. The number of benzene rings is 3. The minimum atomic E-state index is -3.60. The minimum absolute atomic E-state index is 0.148. The molecule has 3 aromatic carbocycles. The summed E-state index contributed by atoms with van der Waals surface area (Å²) in [6.07, 6.45) is 2.06. The first-order valence-corrected chi connectivity index (χ1v) is 11.2. The zero-order valence-corrected chi connectivity index (χ0v) is 17.3. The van der Waals surface area contributed by atoms with Crippen molar-refractivity contribution >= 4 is 27.3 Å². The molecule has 0 unspecified atom stereocenters. The van der Waals surface area contributed by atoms with Crippen LogP contribution in [0.25, 0.3) is 0 Å². The van der Waals surface area contributed by atoms with Crippen LogP contribution < -0.4 is 9.62 Å². The molecule has 3 aromatic rings. The van der Waals surface area contributed by atoms with Crippen molar-refractivity contribution in [2.24, 2.45) is 0 Å². The number of nitrogens with one attached hydrogen (secondary N) is 1. The maximum Gasteiger partial charge on any atom is 0.257 e. The third-order valence-corrected chi connectivity index (χ3v) is 5.73. The van der Waals surface area contributed by atoms with Gasteiger partial charge in [0.25, 0.3) is 5.91 Å². The van der Waals surface area contributed by atoms with Gasteiger partial charge in [-0.25, -0.2) is 8.42 Å². The second-order valence-electron chi connectivity index (χ2n) is 6.78. The maximum atomic E-state index is 12.9. The van der Waals surface area contributed by atoms with Crippen molar-refractivity contribution in [2.75, 3.05) is 15.9 Å². The van der Waals surface area contributed by atoms with E-state index < -0.39 is 10.0 Å². The molecule has 150 valence electrons. The van der Waals surface area contributed by atoms with Crippen LogP contribution in [0.1, 0.15) is 28.4 Å². The first kappa shape index (κ1) is 20.6. The van der Waals surface area contributed by atoms with Gasteiger partial charge in [-0.05, 0) is 41.8 Å². The van der Waals surface area contributed by atoms with E-state index in [1.807, 2.05) is 54.6 Å². The van der Waals surface area contributed by atoms with E-state index in [0.717, 1.165) is 18.2 Å². The number of hydrogen-bond donors (Lipinski definition) is 1. The zero-order chi connectivity index (χ0) is 20.9. The number of amides is 1. The van der Waals surface area contributed by atoms with Crippen LogP contribution in [0.4, 0.5) is 11.4 Å². The Bertz CT molecular complexity index is 1080. The van der Waals surface area contributed by atoms with Crippen molar-refractivity contribution < 1.29 is 13.2 Å². The van der Waals surface area contributed by atoms with Crippen LogP contribution in [0.3, 0.4) is 0 Å². The minimum Gasteiger partial charge on any atom is -0.322 e. The summed E-state index contributed by atoms with van der Waals surface area (Å²) >= 11 is 0. The standard InChI is InChI=1S/C23H24N2O3S/c1-3-18-13-15-20(16-14-18)24-23(26)21-11-7-8-12-22(21)25(29(2,27)28)17-19-9-5-4-6-10-19/h4-16H,3,17H2,1-2H3,(H,24,26). The second-order valence-corrected chi connectivity index (χ2v) is 8.68. The Balaban J connectivity index is 1.93. The van der Waals surface area contributed by atoms with Gasteiger partial charge in [0.1, 0.15) is 0 Å². The van der Waals surface area contributed by atoms with E-state index in [-0.39, 0.29) is 12.5 Å². The Labute approximate surface area is 172 Å². The van der Waals surface area contributed by atoms with E-state index in [9.17, 15) is 13.2 Å². The number of carbonyl (C=O) groups excluding carboxylic acids is 1. The predicted octanol–water partition coefficient (Wildman–Crippen LogP) is 4.47. The largest absolute Gasteiger partial charge is 0.322 e. The van der Waals surface area contributed by atoms with E-state index >= 15 is 0 Å². The highest BCUT2D eigenvalue weighted by Gasteiger charge is 2.23. The molecule has 0 aliphatic carbocycles. The normalized spacial score (nSPS) is 11.1. The molecule has 0 aromatic heterocycles. The summed E-state index contributed by atoms with van der Waals surface area (Å²) in [6.45, 7) is 2.21. The molecule has 0 saturated carbocycles. The van der Waals surface area contributed by atoms with Crippen molar-refractivity contribution in [1.82, 2.24) is 0 Å². The Morgan fingerprint density at radius 1 is 0.862 bits per heavy atom. The average Bonchev–Trinajstić information content (AvgIpc) is 2.72. The van der Waals surface area contributed by atoms with Gasteiger partial charge >= 0.3 is 0 Å². The number of carbonyl (C=O) groups is 1. The predicted molar refractivity (Wildman–Crippen MR) is 118 cm³/mol. The molecule has 0 spiro atoms. The number of aryl methyl sites for hydroxylation is 1. The van der Waals surface area contributed by atoms with Gasteiger partial charge in [0.05, 0.1) is 24.1 Å². The topological polar surface area (TPSA) is 66.5 Å². The monoisotopic (exact) mass is 408 g/mol. The molecule has 0 bridgehead atoms. The summed E-state index contributed by atoms with van der Waals surface area (Å²) < 4.78 is 26.3. The van der Waals surface area contributed by atoms with Crippen molar-refractivity contribution in [3.63, 3.8) is 0 Å². The van der Waals surface area contributed by atoms with Gasteiger partial charge in [-0.3, -0.25) is 9.10 Å². The average molecular weight is 409 g/mol. The number of nitrogens with zero attached hydrogens (tertiary/aromatic N) is 1. The SMILES string of the molecule is CCc1ccc(NC(=O)c2ccccc2N(Cc2ccccc2)S(C)(=O)=O)cc1. The second kappa shape index (κ2) is 8.92. The van der Waals surface area contributed by atoms with Gasteiger partial charge in [0.15, 0.2) is 0 Å². The summed E-state index contributed by atoms with van der Waals surface area (Å²) in [7, 11) is -3.60. The van der Waals surface area contributed by atoms with Crippen molar-refractivity contribution in [3.05, 3.63) is 95.6 Å². The van der Waals surface area contributed by atoms with Crippen molar-refractivity contribution in [3.8, 4) is 0 Å². The smallest absolute Gasteiger partial charge is 0.257 e. The molecule has 1 amide bonds. The molecule has 0 radical (unpaired) electrons. The number of anilines is 2. The molecule has 0 saturated heterocycles. The van der Waals surface area contributed by atoms with Gasteiger partial charge < -0.3 is 5.32 Å². The Hall–Kier alpha value is -3.12. The Morgan fingerprint density at radius 3 is 2.10 bits per heavy atom. The Kier molecular flexibility index (Phi) is 6.34. The van der Waals surface area contributed by atoms with E-state index in [4.69, 9.17) is 0 Å². The number of para-hydroxylation sites is 1. The molecule has 6 heteroatoms. The fraction of sp³-hybridized carbons (Fsp3) is 0.174. The van der Waals surface area contributed by atoms with Crippen LogP contribution in [0.15, 0.2) is 78.9 Å². The lowest BCUT2D eigenvalue weighted by Crippen LogP contribution is -2.31. The highest BCUT2D eigenvalue weighted by Crippen LogP contribution is 2.26. The third kappa shape index (κ3) is 5.23. The number of rotatable bonds is 7. The summed E-state index contributed by atoms with van der Waals surface area (Å²) in [6, 6.07) is 23.6. The fourth-order valence-electron chi connectivity index (χ4n) is 3.04. The maximum absolute atomic E-state index is 12.9. The van der Waals surface area contributed by atoms with Crippen molar-refractivity contribution in [1.29, 1.82) is 0 Å². The molecular weight excluding hydrogens is 384 g/mol. The molecule has 0 aliphatic heterocycles. The van der Waals surface area contributed by atoms with Gasteiger partial charge in [-0.1, -0.05) is 61.5 Å². The first-order valence-electron chi connectivity index (χ1n) is 9.39. The molecule has 0 aliphatic rings. The van der Waals surface area contributed by atoms with Crippen LogP contribution in [-0.4, -0.2) is 20.6 Å². The molecule has 29 heavy (non-hydrogen) atoms. The highest BCUT2D eigenvalue weighted by molar-refractivity contribution is 7.92. The zero-order valence-electron chi connectivity index (χ0n) is 16.5. The molecule has 0 heterocycles. The van der Waals surface area contributed by atoms with E-state index in [0.29, 0.717) is 16.9 Å². The summed E-state index contributed by atoms with van der Waals surface area (Å²) in [5.41, 5.74) is 3.32. The van der Waals surface area contributed by atoms with Gasteiger partial charge in [0.2, 0.25) is 10.0 Å². The van der Waals surface area contributed by atoms with Crippen LogP contribution in [-0.2, 0) is 23.0 Å². The van der Waals surface area contributed by atoms with Gasteiger partial charge in [0, 0.05) is 5.69 Å². The summed E-state index contributed by atoms with van der Waals surface area (Å²) in [4.78, 5) is 12.9. The van der Waals surface area contributed by atoms with E-state index in [2.05, 4.69) is 12.2 Å². The van der Waals surface area contributed by atoms with Gasteiger partial charge in [-0.2, -0.15) is 0 Å². The molecule has 0 atom stereocenters. The van der Waals surface area contributed by atoms with Crippen LogP contribution in [0, 0.1) is 0 Å².